The minimum absolute atomic E-state index is 0.102. The maximum Gasteiger partial charge on any atom is 0.567 e. The zero-order valence-electron chi connectivity index (χ0n) is 23.1. The number of allylic oxidation sites excluding steroid dienone is 2. The molecule has 1 aromatic carbocycles. The van der Waals surface area contributed by atoms with Gasteiger partial charge >= 0.3 is 8.17 Å². The van der Waals surface area contributed by atoms with Crippen molar-refractivity contribution < 1.29 is 28.7 Å². The molecule has 0 aliphatic rings. The van der Waals surface area contributed by atoms with Crippen molar-refractivity contribution in [3.05, 3.63) is 42.0 Å². The molecular formula is C29H51NO6P+. The van der Waals surface area contributed by atoms with Gasteiger partial charge in [-0.25, -0.2) is 0 Å². The average molecular weight is 541 g/mol. The van der Waals surface area contributed by atoms with Gasteiger partial charge in [0.2, 0.25) is 5.91 Å². The van der Waals surface area contributed by atoms with Crippen LogP contribution in [0.15, 0.2) is 36.4 Å². The van der Waals surface area contributed by atoms with Crippen molar-refractivity contribution in [3.8, 4) is 5.75 Å². The number of rotatable bonds is 23. The molecule has 4 N–H and O–H groups in total. The molecule has 0 radical (unpaired) electrons. The number of carbonyl (C=O) groups is 1. The molecule has 8 heteroatoms. The van der Waals surface area contributed by atoms with Gasteiger partial charge in [0.25, 0.3) is 0 Å². The largest absolute Gasteiger partial charge is 0.567 e. The number of ether oxygens (including phenoxy) is 1. The summed E-state index contributed by atoms with van der Waals surface area (Å²) in [7, 11) is -4.36. The summed E-state index contributed by atoms with van der Waals surface area (Å²) in [5.41, 5.74) is 0.941. The third-order valence-electron chi connectivity index (χ3n) is 6.20. The monoisotopic (exact) mass is 540 g/mol. The lowest BCUT2D eigenvalue weighted by Gasteiger charge is -2.18. The molecule has 0 aliphatic carbocycles. The normalized spacial score (nSPS) is 12.7. The zero-order chi connectivity index (χ0) is 27.2. The first-order chi connectivity index (χ1) is 17.8. The Kier molecular flexibility index (Phi) is 19.4. The molecule has 0 heterocycles. The Morgan fingerprint density at radius 1 is 0.865 bits per heavy atom. The number of hydrogen-bond acceptors (Lipinski definition) is 6. The van der Waals surface area contributed by atoms with E-state index >= 15 is 0 Å². The van der Waals surface area contributed by atoms with Crippen LogP contribution in [0.1, 0.15) is 109 Å². The number of unbranched alkanes of at least 4 members (excludes halogenated alkanes) is 11. The van der Waals surface area contributed by atoms with Gasteiger partial charge in [0, 0.05) is 6.42 Å². The zero-order valence-corrected chi connectivity index (χ0v) is 24.0. The van der Waals surface area contributed by atoms with Crippen molar-refractivity contribution >= 4 is 14.1 Å². The van der Waals surface area contributed by atoms with Crippen LogP contribution in [0, 0.1) is 0 Å². The number of benzene rings is 1. The van der Waals surface area contributed by atoms with E-state index in [9.17, 15) is 19.5 Å². The summed E-state index contributed by atoms with van der Waals surface area (Å²) >= 11 is 0. The van der Waals surface area contributed by atoms with E-state index in [1.165, 1.54) is 57.8 Å². The highest BCUT2D eigenvalue weighted by Gasteiger charge is 2.34. The van der Waals surface area contributed by atoms with E-state index in [2.05, 4.69) is 24.4 Å². The lowest BCUT2D eigenvalue weighted by atomic mass is 10.1. The summed E-state index contributed by atoms with van der Waals surface area (Å²) in [5, 5.41) is 2.91. The average Bonchev–Trinajstić information content (AvgIpc) is 2.86. The smallest absolute Gasteiger partial charge is 0.494 e. The van der Waals surface area contributed by atoms with Gasteiger partial charge in [-0.15, -0.1) is 0 Å². The molecule has 0 spiro atoms. The van der Waals surface area contributed by atoms with Crippen LogP contribution in [0.25, 0.3) is 0 Å². The quantitative estimate of drug-likeness (QED) is 0.0689. The molecular weight excluding hydrogens is 489 g/mol. The highest BCUT2D eigenvalue weighted by atomic mass is 31.2. The van der Waals surface area contributed by atoms with E-state index in [-0.39, 0.29) is 12.5 Å². The van der Waals surface area contributed by atoms with E-state index < -0.39 is 14.2 Å². The third kappa shape index (κ3) is 20.2. The molecule has 0 saturated heterocycles. The van der Waals surface area contributed by atoms with Crippen LogP contribution in [0.3, 0.4) is 0 Å². The molecule has 212 valence electrons. The minimum Gasteiger partial charge on any atom is -0.494 e. The second-order valence-corrected chi connectivity index (χ2v) is 11.0. The van der Waals surface area contributed by atoms with Gasteiger partial charge in [-0.3, -0.25) is 4.79 Å². The first-order valence-electron chi connectivity index (χ1n) is 14.2. The molecule has 0 aromatic heterocycles. The number of nitrogens with one attached hydrogen (secondary N) is 1. The van der Waals surface area contributed by atoms with Crippen molar-refractivity contribution in [2.24, 2.45) is 0 Å². The number of carbonyl (C=O) groups excluding carboxylic acids is 1. The van der Waals surface area contributed by atoms with Gasteiger partial charge in [-0.2, -0.15) is 19.2 Å². The van der Waals surface area contributed by atoms with Gasteiger partial charge in [0.1, 0.15) is 12.4 Å². The molecule has 0 saturated carbocycles. The number of amides is 1. The summed E-state index contributed by atoms with van der Waals surface area (Å²) in [6.45, 7) is 4.56. The van der Waals surface area contributed by atoms with Crippen LogP contribution >= 0.6 is 8.17 Å². The van der Waals surface area contributed by atoms with Crippen molar-refractivity contribution in [3.63, 3.8) is 0 Å². The summed E-state index contributed by atoms with van der Waals surface area (Å²) in [4.78, 5) is 40.0. The molecule has 7 nitrogen and oxygen atoms in total. The van der Waals surface area contributed by atoms with Crippen LogP contribution in [-0.4, -0.2) is 39.8 Å². The lowest BCUT2D eigenvalue weighted by molar-refractivity contribution is -0.122. The van der Waals surface area contributed by atoms with Crippen molar-refractivity contribution in [1.29, 1.82) is 0 Å². The van der Waals surface area contributed by atoms with Gasteiger partial charge in [0.15, 0.2) is 0 Å². The van der Waals surface area contributed by atoms with Gasteiger partial charge in [-0.05, 0) is 63.1 Å². The first kappa shape index (κ1) is 33.5. The maximum atomic E-state index is 12.5. The van der Waals surface area contributed by atoms with Gasteiger partial charge in [0.05, 0.1) is 12.6 Å². The summed E-state index contributed by atoms with van der Waals surface area (Å²) in [6.07, 6.45) is 21.2. The third-order valence-corrected chi connectivity index (χ3v) is 6.69. The highest BCUT2D eigenvalue weighted by molar-refractivity contribution is 7.53. The Hall–Kier alpha value is -1.50. The van der Waals surface area contributed by atoms with Crippen LogP contribution < -0.4 is 10.1 Å². The van der Waals surface area contributed by atoms with E-state index in [0.717, 1.165) is 37.0 Å². The Bertz CT molecular complexity index is 720. The second kappa shape index (κ2) is 21.4. The van der Waals surface area contributed by atoms with Crippen LogP contribution in [0.4, 0.5) is 0 Å². The fourth-order valence-corrected chi connectivity index (χ4v) is 4.55. The van der Waals surface area contributed by atoms with E-state index in [0.29, 0.717) is 19.4 Å². The van der Waals surface area contributed by atoms with Crippen molar-refractivity contribution in [1.82, 2.24) is 5.32 Å². The summed E-state index contributed by atoms with van der Waals surface area (Å²) in [5.74, 6) is 0.660. The Morgan fingerprint density at radius 3 is 2.00 bits per heavy atom. The predicted molar refractivity (Wildman–Crippen MR) is 152 cm³/mol. The van der Waals surface area contributed by atoms with Gasteiger partial charge in [-0.1, -0.05) is 82.6 Å². The Labute approximate surface area is 225 Å². The SMILES string of the molecule is CCCCCCCC/C=C\CCCCCCCC(=O)N[C@H](CO[P+](O)(O)O)Cc1ccc(OCC)cc1. The highest BCUT2D eigenvalue weighted by Crippen LogP contribution is 2.45. The maximum absolute atomic E-state index is 12.5. The summed E-state index contributed by atoms with van der Waals surface area (Å²) in [6, 6.07) is 7.01. The molecule has 0 bridgehead atoms. The van der Waals surface area contributed by atoms with E-state index in [4.69, 9.17) is 9.26 Å². The van der Waals surface area contributed by atoms with Gasteiger partial charge < -0.3 is 10.1 Å². The Balaban J connectivity index is 2.21. The van der Waals surface area contributed by atoms with Crippen LogP contribution in [-0.2, 0) is 15.7 Å². The minimum atomic E-state index is -4.36. The van der Waals surface area contributed by atoms with Crippen LogP contribution in [0.5, 0.6) is 5.75 Å². The summed E-state index contributed by atoms with van der Waals surface area (Å²) < 4.78 is 10.2. The Morgan fingerprint density at radius 2 is 1.43 bits per heavy atom. The molecule has 1 atom stereocenters. The standard InChI is InChI=1S/C29H50NO6P/c1-3-5-6-7-8-9-10-11-12-13-14-15-16-17-18-19-29(31)30-27(25-36-37(32,33)34)24-26-20-22-28(23-21-26)35-4-2/h11-12,20-23,27,32-34H,3-10,13-19,24-25H2,1-2H3/p+1/b12-11-/t27-/m0/s1. The first-order valence-corrected chi connectivity index (χ1v) is 15.8. The van der Waals surface area contributed by atoms with E-state index in [1.807, 2.05) is 31.2 Å². The molecule has 1 aromatic rings. The molecule has 1 rings (SSSR count). The van der Waals surface area contributed by atoms with Crippen LogP contribution in [0.2, 0.25) is 0 Å². The molecule has 0 aliphatic heterocycles. The second-order valence-electron chi connectivity index (χ2n) is 9.69. The fraction of sp³-hybridized carbons (Fsp3) is 0.690. The predicted octanol–water partition coefficient (Wildman–Crippen LogP) is 6.82. The fourth-order valence-electron chi connectivity index (χ4n) is 4.17. The number of hydrogen-bond donors (Lipinski definition) is 4. The molecule has 37 heavy (non-hydrogen) atoms. The lowest BCUT2D eigenvalue weighted by Crippen LogP contribution is -2.39. The molecule has 1 amide bonds. The van der Waals surface area contributed by atoms with E-state index in [1.54, 1.807) is 0 Å². The van der Waals surface area contributed by atoms with Crippen molar-refractivity contribution in [2.75, 3.05) is 13.2 Å². The van der Waals surface area contributed by atoms with Crippen molar-refractivity contribution in [2.45, 2.75) is 116 Å². The molecule has 0 unspecified atom stereocenters. The molecule has 0 fully saturated rings. The topological polar surface area (TPSA) is 108 Å².